The summed E-state index contributed by atoms with van der Waals surface area (Å²) in [6.07, 6.45) is 3.43. The topological polar surface area (TPSA) is 97.1 Å². The van der Waals surface area contributed by atoms with Crippen LogP contribution in [-0.2, 0) is 9.59 Å². The molecule has 3 rings (SSSR count). The summed E-state index contributed by atoms with van der Waals surface area (Å²) in [6.45, 7) is 0. The number of aromatic nitrogens is 3. The molecule has 0 spiro atoms. The standard InChI is InChI=1S/C13H12N4O3/c18-12(10-5-11(10)13(19)20)16-8-1-3-9(4-2-8)17-7-14-6-15-17/h1-4,6-7,10-11H,5H2,(H,16,18)(H,19,20). The van der Waals surface area contributed by atoms with Gasteiger partial charge in [-0.05, 0) is 30.7 Å². The van der Waals surface area contributed by atoms with Gasteiger partial charge in [0.1, 0.15) is 12.7 Å². The SMILES string of the molecule is O=C(O)C1CC1C(=O)Nc1ccc(-n2cncn2)cc1. The Labute approximate surface area is 114 Å². The van der Waals surface area contributed by atoms with Crippen molar-refractivity contribution in [1.82, 2.24) is 14.8 Å². The Hall–Kier alpha value is -2.70. The van der Waals surface area contributed by atoms with Crippen LogP contribution in [0, 0.1) is 11.8 Å². The summed E-state index contributed by atoms with van der Waals surface area (Å²) in [6, 6.07) is 7.08. The largest absolute Gasteiger partial charge is 0.481 e. The molecule has 1 amide bonds. The highest BCUT2D eigenvalue weighted by molar-refractivity contribution is 5.98. The Morgan fingerprint density at radius 1 is 1.25 bits per heavy atom. The number of hydrogen-bond donors (Lipinski definition) is 2. The molecule has 0 bridgehead atoms. The zero-order chi connectivity index (χ0) is 14.1. The second kappa shape index (κ2) is 4.76. The number of amides is 1. The maximum absolute atomic E-state index is 11.8. The van der Waals surface area contributed by atoms with E-state index in [9.17, 15) is 9.59 Å². The molecule has 2 aromatic rings. The average molecular weight is 272 g/mol. The van der Waals surface area contributed by atoms with Gasteiger partial charge in [0.25, 0.3) is 0 Å². The maximum atomic E-state index is 11.8. The molecule has 0 saturated heterocycles. The van der Waals surface area contributed by atoms with Crippen molar-refractivity contribution in [1.29, 1.82) is 0 Å². The van der Waals surface area contributed by atoms with Crippen LogP contribution < -0.4 is 5.32 Å². The minimum atomic E-state index is -0.910. The summed E-state index contributed by atoms with van der Waals surface area (Å²) in [4.78, 5) is 26.4. The first-order valence-electron chi connectivity index (χ1n) is 6.14. The molecule has 20 heavy (non-hydrogen) atoms. The van der Waals surface area contributed by atoms with Gasteiger partial charge in [-0.2, -0.15) is 5.10 Å². The van der Waals surface area contributed by atoms with E-state index in [0.29, 0.717) is 12.1 Å². The van der Waals surface area contributed by atoms with E-state index in [-0.39, 0.29) is 5.91 Å². The Bertz CT molecular complexity index is 636. The zero-order valence-electron chi connectivity index (χ0n) is 10.4. The molecular formula is C13H12N4O3. The highest BCUT2D eigenvalue weighted by atomic mass is 16.4. The van der Waals surface area contributed by atoms with Gasteiger partial charge in [0.05, 0.1) is 17.5 Å². The predicted molar refractivity (Wildman–Crippen MR) is 69.2 cm³/mol. The maximum Gasteiger partial charge on any atom is 0.307 e. The van der Waals surface area contributed by atoms with Gasteiger partial charge in [-0.15, -0.1) is 0 Å². The number of rotatable bonds is 4. The molecule has 0 aliphatic heterocycles. The Kier molecular flexibility index (Phi) is 2.94. The van der Waals surface area contributed by atoms with Crippen molar-refractivity contribution in [2.24, 2.45) is 11.8 Å². The minimum Gasteiger partial charge on any atom is -0.481 e. The Morgan fingerprint density at radius 3 is 2.55 bits per heavy atom. The second-order valence-corrected chi connectivity index (χ2v) is 4.66. The van der Waals surface area contributed by atoms with Crippen LogP contribution in [0.25, 0.3) is 5.69 Å². The number of anilines is 1. The zero-order valence-corrected chi connectivity index (χ0v) is 10.4. The van der Waals surface area contributed by atoms with Crippen molar-refractivity contribution in [3.63, 3.8) is 0 Å². The van der Waals surface area contributed by atoms with Crippen LogP contribution in [0.4, 0.5) is 5.69 Å². The van der Waals surface area contributed by atoms with Crippen molar-refractivity contribution in [3.8, 4) is 5.69 Å². The molecule has 102 valence electrons. The van der Waals surface area contributed by atoms with Crippen molar-refractivity contribution in [2.75, 3.05) is 5.32 Å². The lowest BCUT2D eigenvalue weighted by molar-refractivity contribution is -0.139. The smallest absolute Gasteiger partial charge is 0.307 e. The van der Waals surface area contributed by atoms with Crippen LogP contribution in [0.3, 0.4) is 0 Å². The normalized spacial score (nSPS) is 20.4. The van der Waals surface area contributed by atoms with E-state index in [4.69, 9.17) is 5.11 Å². The van der Waals surface area contributed by atoms with E-state index in [1.807, 2.05) is 0 Å². The third kappa shape index (κ3) is 2.37. The number of nitrogens with one attached hydrogen (secondary N) is 1. The van der Waals surface area contributed by atoms with Crippen molar-refractivity contribution >= 4 is 17.6 Å². The van der Waals surface area contributed by atoms with E-state index in [1.54, 1.807) is 35.3 Å². The van der Waals surface area contributed by atoms with E-state index in [0.717, 1.165) is 5.69 Å². The van der Waals surface area contributed by atoms with Crippen LogP contribution in [-0.4, -0.2) is 31.7 Å². The summed E-state index contributed by atoms with van der Waals surface area (Å²) in [5.74, 6) is -2.11. The predicted octanol–water partition coefficient (Wildman–Crippen LogP) is 0.927. The number of carbonyl (C=O) groups is 2. The molecule has 7 heteroatoms. The molecular weight excluding hydrogens is 260 g/mol. The van der Waals surface area contributed by atoms with Crippen LogP contribution >= 0.6 is 0 Å². The van der Waals surface area contributed by atoms with Crippen LogP contribution in [0.1, 0.15) is 6.42 Å². The van der Waals surface area contributed by atoms with Gasteiger partial charge in [0, 0.05) is 5.69 Å². The number of carbonyl (C=O) groups excluding carboxylic acids is 1. The number of hydrogen-bond acceptors (Lipinski definition) is 4. The molecule has 1 aromatic heterocycles. The first-order valence-corrected chi connectivity index (χ1v) is 6.14. The molecule has 0 radical (unpaired) electrons. The van der Waals surface area contributed by atoms with Crippen LogP contribution in [0.5, 0.6) is 0 Å². The van der Waals surface area contributed by atoms with Gasteiger partial charge in [0.15, 0.2) is 0 Å². The summed E-state index contributed by atoms with van der Waals surface area (Å²) in [7, 11) is 0. The van der Waals surface area contributed by atoms with E-state index in [2.05, 4.69) is 15.4 Å². The van der Waals surface area contributed by atoms with Crippen LogP contribution in [0.15, 0.2) is 36.9 Å². The fourth-order valence-electron chi connectivity index (χ4n) is 2.03. The molecule has 2 N–H and O–H groups in total. The Balaban J connectivity index is 1.64. The molecule has 1 heterocycles. The molecule has 1 aliphatic carbocycles. The second-order valence-electron chi connectivity index (χ2n) is 4.66. The molecule has 7 nitrogen and oxygen atoms in total. The lowest BCUT2D eigenvalue weighted by atomic mass is 10.2. The third-order valence-electron chi connectivity index (χ3n) is 3.26. The molecule has 1 fully saturated rings. The van der Waals surface area contributed by atoms with Crippen LogP contribution in [0.2, 0.25) is 0 Å². The number of carboxylic acid groups (broad SMARTS) is 1. The van der Waals surface area contributed by atoms with E-state index in [1.165, 1.54) is 6.33 Å². The highest BCUT2D eigenvalue weighted by Crippen LogP contribution is 2.39. The van der Waals surface area contributed by atoms with Crippen molar-refractivity contribution in [2.45, 2.75) is 6.42 Å². The number of aliphatic carboxylic acids is 1. The number of carboxylic acids is 1. The quantitative estimate of drug-likeness (QED) is 0.862. The van der Waals surface area contributed by atoms with Gasteiger partial charge >= 0.3 is 5.97 Å². The monoisotopic (exact) mass is 272 g/mol. The molecule has 1 saturated carbocycles. The van der Waals surface area contributed by atoms with Crippen molar-refractivity contribution < 1.29 is 14.7 Å². The first-order chi connectivity index (χ1) is 9.65. The fraction of sp³-hybridized carbons (Fsp3) is 0.231. The average Bonchev–Trinajstić information content (AvgIpc) is 3.07. The van der Waals surface area contributed by atoms with E-state index >= 15 is 0 Å². The summed E-state index contributed by atoms with van der Waals surface area (Å²) >= 11 is 0. The fourth-order valence-corrected chi connectivity index (χ4v) is 2.03. The van der Waals surface area contributed by atoms with Crippen molar-refractivity contribution in [3.05, 3.63) is 36.9 Å². The van der Waals surface area contributed by atoms with Gasteiger partial charge in [0.2, 0.25) is 5.91 Å². The summed E-state index contributed by atoms with van der Waals surface area (Å²) < 4.78 is 1.60. The summed E-state index contributed by atoms with van der Waals surface area (Å²) in [5.41, 5.74) is 1.46. The lowest BCUT2D eigenvalue weighted by Gasteiger charge is -2.06. The summed E-state index contributed by atoms with van der Waals surface area (Å²) in [5, 5.41) is 15.5. The molecule has 2 unspecified atom stereocenters. The minimum absolute atomic E-state index is 0.245. The highest BCUT2D eigenvalue weighted by Gasteiger charge is 2.48. The molecule has 1 aromatic carbocycles. The lowest BCUT2D eigenvalue weighted by Crippen LogP contribution is -2.16. The third-order valence-corrected chi connectivity index (χ3v) is 3.26. The van der Waals surface area contributed by atoms with Gasteiger partial charge in [-0.25, -0.2) is 9.67 Å². The molecule has 1 aliphatic rings. The number of nitrogens with zero attached hydrogens (tertiary/aromatic N) is 3. The Morgan fingerprint density at radius 2 is 2.00 bits per heavy atom. The van der Waals surface area contributed by atoms with Gasteiger partial charge in [-0.1, -0.05) is 0 Å². The first kappa shape index (κ1) is 12.3. The van der Waals surface area contributed by atoms with Gasteiger partial charge < -0.3 is 10.4 Å². The van der Waals surface area contributed by atoms with Gasteiger partial charge in [-0.3, -0.25) is 9.59 Å². The molecule has 2 atom stereocenters. The van der Waals surface area contributed by atoms with E-state index < -0.39 is 17.8 Å². The number of benzene rings is 1.